The summed E-state index contributed by atoms with van der Waals surface area (Å²) < 4.78 is 5.84. The number of nitrogens with zero attached hydrogens (tertiary/aromatic N) is 3. The third-order valence-electron chi connectivity index (χ3n) is 5.02. The summed E-state index contributed by atoms with van der Waals surface area (Å²) in [6.45, 7) is 4.87. The van der Waals surface area contributed by atoms with Crippen molar-refractivity contribution in [2.24, 2.45) is 0 Å². The average molecular weight is 373 g/mol. The summed E-state index contributed by atoms with van der Waals surface area (Å²) >= 11 is 0. The first kappa shape index (κ1) is 18.0. The van der Waals surface area contributed by atoms with E-state index in [0.717, 1.165) is 23.0 Å². The molecule has 0 spiro atoms. The standard InChI is InChI=1S/C23H23N3O2/c1-3-16(2)18-10-8-17(9-11-18)15-28-19-12-13-22(23(27)14-19)26-24-20-6-4-5-7-21(20)25-26/h4-14,16,27H,3,15H2,1-2H3. The Kier molecular flexibility index (Phi) is 4.98. The quantitative estimate of drug-likeness (QED) is 0.503. The molecule has 5 heteroatoms. The molecule has 0 bridgehead atoms. The number of phenols is 1. The second kappa shape index (κ2) is 7.72. The summed E-state index contributed by atoms with van der Waals surface area (Å²) in [5.41, 5.74) is 4.51. The highest BCUT2D eigenvalue weighted by atomic mass is 16.5. The third-order valence-corrected chi connectivity index (χ3v) is 5.02. The number of aromatic nitrogens is 3. The van der Waals surface area contributed by atoms with Gasteiger partial charge in [-0.15, -0.1) is 15.0 Å². The molecule has 0 aliphatic rings. The molecule has 1 aromatic heterocycles. The van der Waals surface area contributed by atoms with E-state index in [4.69, 9.17) is 4.74 Å². The highest BCUT2D eigenvalue weighted by molar-refractivity contribution is 5.73. The monoisotopic (exact) mass is 373 g/mol. The van der Waals surface area contributed by atoms with Crippen LogP contribution in [0.25, 0.3) is 16.7 Å². The van der Waals surface area contributed by atoms with Gasteiger partial charge in [0.2, 0.25) is 0 Å². The molecule has 4 aromatic rings. The minimum absolute atomic E-state index is 0.0740. The smallest absolute Gasteiger partial charge is 0.146 e. The van der Waals surface area contributed by atoms with E-state index in [0.29, 0.717) is 24.0 Å². The van der Waals surface area contributed by atoms with Crippen LogP contribution in [0.5, 0.6) is 11.5 Å². The molecule has 4 rings (SSSR count). The fourth-order valence-corrected chi connectivity index (χ4v) is 3.07. The van der Waals surface area contributed by atoms with Crippen LogP contribution < -0.4 is 4.74 Å². The van der Waals surface area contributed by atoms with E-state index in [2.05, 4.69) is 48.3 Å². The number of ether oxygens (including phenoxy) is 1. The molecule has 1 atom stereocenters. The van der Waals surface area contributed by atoms with Gasteiger partial charge in [0.1, 0.15) is 34.8 Å². The molecule has 142 valence electrons. The molecule has 1 heterocycles. The van der Waals surface area contributed by atoms with Crippen molar-refractivity contribution in [1.82, 2.24) is 15.0 Å². The van der Waals surface area contributed by atoms with E-state index in [9.17, 15) is 5.11 Å². The Hall–Kier alpha value is -3.34. The van der Waals surface area contributed by atoms with Crippen molar-refractivity contribution >= 4 is 11.0 Å². The van der Waals surface area contributed by atoms with E-state index in [1.54, 1.807) is 12.1 Å². The van der Waals surface area contributed by atoms with E-state index < -0.39 is 0 Å². The zero-order chi connectivity index (χ0) is 19.5. The third kappa shape index (κ3) is 3.69. The van der Waals surface area contributed by atoms with Gasteiger partial charge in [0.05, 0.1) is 0 Å². The number of fused-ring (bicyclic) bond motifs is 1. The first-order chi connectivity index (χ1) is 13.6. The zero-order valence-corrected chi connectivity index (χ0v) is 16.0. The predicted octanol–water partition coefficient (Wildman–Crippen LogP) is 5.22. The van der Waals surface area contributed by atoms with Crippen LogP contribution in [0.3, 0.4) is 0 Å². The summed E-state index contributed by atoms with van der Waals surface area (Å²) in [5, 5.41) is 19.2. The maximum Gasteiger partial charge on any atom is 0.146 e. The Balaban J connectivity index is 1.47. The van der Waals surface area contributed by atoms with Crippen molar-refractivity contribution in [3.05, 3.63) is 77.9 Å². The summed E-state index contributed by atoms with van der Waals surface area (Å²) in [6.07, 6.45) is 1.13. The van der Waals surface area contributed by atoms with Crippen molar-refractivity contribution in [2.45, 2.75) is 32.8 Å². The number of benzene rings is 3. The first-order valence-corrected chi connectivity index (χ1v) is 9.51. The van der Waals surface area contributed by atoms with E-state index in [1.165, 1.54) is 10.4 Å². The minimum atomic E-state index is 0.0740. The van der Waals surface area contributed by atoms with Crippen LogP contribution in [0.2, 0.25) is 0 Å². The minimum Gasteiger partial charge on any atom is -0.505 e. The van der Waals surface area contributed by atoms with E-state index in [-0.39, 0.29) is 5.75 Å². The molecule has 3 aromatic carbocycles. The number of rotatable bonds is 6. The van der Waals surface area contributed by atoms with Crippen LogP contribution in [0.15, 0.2) is 66.7 Å². The molecule has 28 heavy (non-hydrogen) atoms. The Morgan fingerprint density at radius 1 is 0.964 bits per heavy atom. The molecule has 0 aliphatic carbocycles. The lowest BCUT2D eigenvalue weighted by atomic mass is 9.98. The van der Waals surface area contributed by atoms with E-state index >= 15 is 0 Å². The average Bonchev–Trinajstić information content (AvgIpc) is 3.16. The fourth-order valence-electron chi connectivity index (χ4n) is 3.07. The number of hydrogen-bond acceptors (Lipinski definition) is 4. The van der Waals surface area contributed by atoms with E-state index in [1.807, 2.05) is 30.3 Å². The van der Waals surface area contributed by atoms with Gasteiger partial charge in [0.25, 0.3) is 0 Å². The molecule has 1 N–H and O–H groups in total. The second-order valence-electron chi connectivity index (χ2n) is 6.97. The maximum absolute atomic E-state index is 10.4. The Morgan fingerprint density at radius 3 is 2.25 bits per heavy atom. The molecule has 0 aliphatic heterocycles. The van der Waals surface area contributed by atoms with Crippen molar-refractivity contribution in [3.8, 4) is 17.2 Å². The second-order valence-corrected chi connectivity index (χ2v) is 6.97. The Bertz CT molecular complexity index is 1050. The predicted molar refractivity (Wildman–Crippen MR) is 110 cm³/mol. The lowest BCUT2D eigenvalue weighted by molar-refractivity contribution is 0.304. The van der Waals surface area contributed by atoms with Crippen LogP contribution in [0, 0.1) is 0 Å². The number of hydrogen-bond donors (Lipinski definition) is 1. The van der Waals surface area contributed by atoms with Crippen molar-refractivity contribution < 1.29 is 9.84 Å². The van der Waals surface area contributed by atoms with Gasteiger partial charge < -0.3 is 9.84 Å². The van der Waals surface area contributed by atoms with Crippen LogP contribution in [-0.2, 0) is 6.61 Å². The van der Waals surface area contributed by atoms with Crippen molar-refractivity contribution in [1.29, 1.82) is 0 Å². The molecule has 0 radical (unpaired) electrons. The Labute approximate surface area is 164 Å². The molecule has 5 nitrogen and oxygen atoms in total. The van der Waals surface area contributed by atoms with Gasteiger partial charge in [0, 0.05) is 6.07 Å². The number of phenolic OH excluding ortho intramolecular Hbond substituents is 1. The normalized spacial score (nSPS) is 12.2. The van der Waals surface area contributed by atoms with Gasteiger partial charge in [-0.3, -0.25) is 0 Å². The molecule has 0 fully saturated rings. The van der Waals surface area contributed by atoms with Gasteiger partial charge in [-0.1, -0.05) is 50.2 Å². The van der Waals surface area contributed by atoms with Crippen LogP contribution in [-0.4, -0.2) is 20.1 Å². The first-order valence-electron chi connectivity index (χ1n) is 9.51. The lowest BCUT2D eigenvalue weighted by Gasteiger charge is -2.11. The van der Waals surface area contributed by atoms with Crippen LogP contribution in [0.1, 0.15) is 37.3 Å². The molecule has 0 saturated carbocycles. The fraction of sp³-hybridized carbons (Fsp3) is 0.217. The summed E-state index contributed by atoms with van der Waals surface area (Å²) in [6, 6.07) is 21.3. The molecular weight excluding hydrogens is 350 g/mol. The van der Waals surface area contributed by atoms with Gasteiger partial charge in [-0.2, -0.15) is 0 Å². The molecule has 0 amide bonds. The summed E-state index contributed by atoms with van der Waals surface area (Å²) in [7, 11) is 0. The molecule has 1 unspecified atom stereocenters. The van der Waals surface area contributed by atoms with Gasteiger partial charge in [-0.25, -0.2) is 0 Å². The van der Waals surface area contributed by atoms with Crippen molar-refractivity contribution in [3.63, 3.8) is 0 Å². The highest BCUT2D eigenvalue weighted by Gasteiger charge is 2.10. The highest BCUT2D eigenvalue weighted by Crippen LogP contribution is 2.27. The summed E-state index contributed by atoms with van der Waals surface area (Å²) in [5.74, 6) is 1.24. The maximum atomic E-state index is 10.4. The van der Waals surface area contributed by atoms with Crippen LogP contribution in [0.4, 0.5) is 0 Å². The lowest BCUT2D eigenvalue weighted by Crippen LogP contribution is -2.00. The van der Waals surface area contributed by atoms with Gasteiger partial charge in [-0.05, 0) is 47.7 Å². The van der Waals surface area contributed by atoms with Crippen LogP contribution >= 0.6 is 0 Å². The SMILES string of the molecule is CCC(C)c1ccc(COc2ccc(-n3nc4ccccc4n3)c(O)c2)cc1. The molecule has 0 saturated heterocycles. The zero-order valence-electron chi connectivity index (χ0n) is 16.0. The Morgan fingerprint density at radius 2 is 1.64 bits per heavy atom. The molecular formula is C23H23N3O2. The van der Waals surface area contributed by atoms with Gasteiger partial charge >= 0.3 is 0 Å². The van der Waals surface area contributed by atoms with Gasteiger partial charge in [0.15, 0.2) is 0 Å². The summed E-state index contributed by atoms with van der Waals surface area (Å²) in [4.78, 5) is 1.44. The number of aromatic hydroxyl groups is 1. The largest absolute Gasteiger partial charge is 0.505 e. The van der Waals surface area contributed by atoms with Crippen molar-refractivity contribution in [2.75, 3.05) is 0 Å². The topological polar surface area (TPSA) is 60.2 Å².